The van der Waals surface area contributed by atoms with Gasteiger partial charge in [-0.3, -0.25) is 4.18 Å². The number of hydrogen-bond donors (Lipinski definition) is 1. The molecule has 6 heteroatoms. The maximum Gasteiger partial charge on any atom is 0.297 e. The van der Waals surface area contributed by atoms with Crippen LogP contribution in [0.5, 0.6) is 0 Å². The van der Waals surface area contributed by atoms with Gasteiger partial charge in [0.1, 0.15) is 0 Å². The predicted molar refractivity (Wildman–Crippen MR) is 90.9 cm³/mol. The Morgan fingerprint density at radius 2 is 1.77 bits per heavy atom. The molecule has 1 N–H and O–H groups in total. The standard InChI is InChI=1S/C16H24O4SSi/c1-14-8-10-16(11-9-14)21(18,19)20-13-15(17)7-5-6-12-22(2,3)4/h8-11,15,17H,7,12-13H2,1-4H3. The summed E-state index contributed by atoms with van der Waals surface area (Å²) in [4.78, 5) is 0.0927. The molecule has 1 unspecified atom stereocenters. The monoisotopic (exact) mass is 340 g/mol. The average molecular weight is 341 g/mol. The first-order chi connectivity index (χ1) is 10.1. The minimum atomic E-state index is -3.83. The van der Waals surface area contributed by atoms with Gasteiger partial charge in [0.2, 0.25) is 0 Å². The first-order valence-electron chi connectivity index (χ1n) is 7.20. The third-order valence-corrected chi connectivity index (χ3v) is 5.34. The van der Waals surface area contributed by atoms with Crippen LogP contribution in [0, 0.1) is 18.8 Å². The van der Waals surface area contributed by atoms with E-state index in [-0.39, 0.29) is 17.9 Å². The fraction of sp³-hybridized carbons (Fsp3) is 0.500. The van der Waals surface area contributed by atoms with Gasteiger partial charge in [0, 0.05) is 12.5 Å². The van der Waals surface area contributed by atoms with E-state index >= 15 is 0 Å². The highest BCUT2D eigenvalue weighted by molar-refractivity contribution is 7.86. The second-order valence-electron chi connectivity index (χ2n) is 6.50. The summed E-state index contributed by atoms with van der Waals surface area (Å²) in [6.07, 6.45) is -0.692. The van der Waals surface area contributed by atoms with Gasteiger partial charge in [-0.1, -0.05) is 37.3 Å². The van der Waals surface area contributed by atoms with Crippen LogP contribution in [0.3, 0.4) is 0 Å². The molecule has 1 aromatic carbocycles. The highest BCUT2D eigenvalue weighted by Crippen LogP contribution is 2.13. The van der Waals surface area contributed by atoms with Crippen molar-refractivity contribution in [1.82, 2.24) is 0 Å². The van der Waals surface area contributed by atoms with Crippen LogP contribution in [0.15, 0.2) is 29.2 Å². The van der Waals surface area contributed by atoms with Crippen LogP contribution in [-0.2, 0) is 14.3 Å². The molecule has 0 bridgehead atoms. The van der Waals surface area contributed by atoms with Crippen molar-refractivity contribution < 1.29 is 17.7 Å². The number of hydrogen-bond acceptors (Lipinski definition) is 4. The Morgan fingerprint density at radius 3 is 2.32 bits per heavy atom. The molecule has 1 atom stereocenters. The molecule has 0 saturated carbocycles. The molecule has 0 aromatic heterocycles. The molecule has 0 spiro atoms. The van der Waals surface area contributed by atoms with Gasteiger partial charge in [0.25, 0.3) is 10.1 Å². The van der Waals surface area contributed by atoms with Crippen molar-refractivity contribution in [3.8, 4) is 11.8 Å². The molecule has 4 nitrogen and oxygen atoms in total. The number of benzene rings is 1. The molecule has 0 heterocycles. The summed E-state index contributed by atoms with van der Waals surface area (Å²) in [6.45, 7) is 8.25. The van der Waals surface area contributed by atoms with Gasteiger partial charge in [-0.05, 0) is 19.1 Å². The zero-order valence-corrected chi connectivity index (χ0v) is 15.4. The zero-order chi connectivity index (χ0) is 16.8. The average Bonchev–Trinajstić information content (AvgIpc) is 2.41. The smallest absolute Gasteiger partial charge is 0.297 e. The molecule has 0 aliphatic rings. The third-order valence-electron chi connectivity index (χ3n) is 2.81. The quantitative estimate of drug-likeness (QED) is 0.491. The fourth-order valence-corrected chi connectivity index (χ4v) is 3.11. The minimum absolute atomic E-state index is 0.0927. The van der Waals surface area contributed by atoms with Gasteiger partial charge in [-0.25, -0.2) is 0 Å². The van der Waals surface area contributed by atoms with Crippen molar-refractivity contribution in [2.45, 2.75) is 50.0 Å². The van der Waals surface area contributed by atoms with Crippen molar-refractivity contribution in [2.75, 3.05) is 6.61 Å². The second kappa shape index (κ2) is 7.93. The Kier molecular flexibility index (Phi) is 6.82. The first-order valence-corrected chi connectivity index (χ1v) is 12.3. The van der Waals surface area contributed by atoms with Crippen LogP contribution in [0.4, 0.5) is 0 Å². The van der Waals surface area contributed by atoms with Gasteiger partial charge in [-0.2, -0.15) is 8.42 Å². The van der Waals surface area contributed by atoms with Gasteiger partial charge in [0.15, 0.2) is 0 Å². The van der Waals surface area contributed by atoms with Crippen LogP contribution in [0.25, 0.3) is 0 Å². The second-order valence-corrected chi connectivity index (χ2v) is 13.6. The van der Waals surface area contributed by atoms with Crippen LogP contribution in [-0.4, -0.2) is 34.3 Å². The van der Waals surface area contributed by atoms with Gasteiger partial charge >= 0.3 is 0 Å². The molecule has 1 aromatic rings. The molecule has 0 saturated heterocycles. The molecule has 0 radical (unpaired) electrons. The molecule has 0 fully saturated rings. The summed E-state index contributed by atoms with van der Waals surface area (Å²) >= 11 is 0. The van der Waals surface area contributed by atoms with E-state index < -0.39 is 24.3 Å². The van der Waals surface area contributed by atoms with E-state index in [1.165, 1.54) is 12.1 Å². The van der Waals surface area contributed by atoms with Crippen molar-refractivity contribution in [2.24, 2.45) is 0 Å². The Morgan fingerprint density at radius 1 is 1.18 bits per heavy atom. The van der Waals surface area contributed by atoms with Crippen molar-refractivity contribution in [3.05, 3.63) is 29.8 Å². The molecular formula is C16H24O4SSi. The summed E-state index contributed by atoms with van der Waals surface area (Å²) in [6, 6.07) is 7.25. The van der Waals surface area contributed by atoms with Gasteiger partial charge < -0.3 is 5.11 Å². The first kappa shape index (κ1) is 18.9. The molecule has 0 aliphatic carbocycles. The number of rotatable bonds is 6. The van der Waals surface area contributed by atoms with Crippen molar-refractivity contribution >= 4 is 18.2 Å². The number of aliphatic hydroxyl groups is 1. The van der Waals surface area contributed by atoms with Gasteiger partial charge in [0.05, 0.1) is 25.7 Å². The van der Waals surface area contributed by atoms with E-state index in [2.05, 4.69) is 31.5 Å². The summed E-state index contributed by atoms with van der Waals surface area (Å²) in [5, 5.41) is 9.75. The lowest BCUT2D eigenvalue weighted by Gasteiger charge is -2.10. The van der Waals surface area contributed by atoms with E-state index in [0.717, 1.165) is 11.6 Å². The predicted octanol–water partition coefficient (Wildman–Crippen LogP) is 2.79. The van der Waals surface area contributed by atoms with Crippen LogP contribution in [0.1, 0.15) is 12.0 Å². The maximum absolute atomic E-state index is 11.9. The van der Waals surface area contributed by atoms with Crippen LogP contribution >= 0.6 is 0 Å². The largest absolute Gasteiger partial charge is 0.390 e. The molecule has 22 heavy (non-hydrogen) atoms. The summed E-state index contributed by atoms with van der Waals surface area (Å²) in [7, 11) is -5.04. The normalized spacial score (nSPS) is 13.3. The lowest BCUT2D eigenvalue weighted by atomic mass is 10.2. The third kappa shape index (κ3) is 7.23. The van der Waals surface area contributed by atoms with E-state index in [9.17, 15) is 13.5 Å². The Balaban J connectivity index is 2.49. The highest BCUT2D eigenvalue weighted by atomic mass is 32.2. The number of aryl methyl sites for hydroxylation is 1. The van der Waals surface area contributed by atoms with E-state index in [0.29, 0.717) is 0 Å². The van der Waals surface area contributed by atoms with E-state index in [1.54, 1.807) is 12.1 Å². The molecule has 1 rings (SSSR count). The lowest BCUT2D eigenvalue weighted by molar-refractivity contribution is 0.115. The minimum Gasteiger partial charge on any atom is -0.390 e. The fourth-order valence-electron chi connectivity index (χ4n) is 1.52. The van der Waals surface area contributed by atoms with Crippen LogP contribution < -0.4 is 0 Å². The zero-order valence-electron chi connectivity index (χ0n) is 13.6. The van der Waals surface area contributed by atoms with Gasteiger partial charge in [-0.15, -0.1) is 11.8 Å². The Labute approximate surface area is 134 Å². The van der Waals surface area contributed by atoms with Crippen molar-refractivity contribution in [1.29, 1.82) is 0 Å². The Bertz CT molecular complexity index is 633. The summed E-state index contributed by atoms with van der Waals surface area (Å²) < 4.78 is 28.8. The van der Waals surface area contributed by atoms with Crippen molar-refractivity contribution in [3.63, 3.8) is 0 Å². The summed E-state index contributed by atoms with van der Waals surface area (Å²) in [5.74, 6) is 5.92. The topological polar surface area (TPSA) is 63.6 Å². The van der Waals surface area contributed by atoms with E-state index in [1.807, 2.05) is 6.92 Å². The molecule has 122 valence electrons. The lowest BCUT2D eigenvalue weighted by Crippen LogP contribution is -2.19. The molecular weight excluding hydrogens is 316 g/mol. The SMILES string of the molecule is Cc1ccc(S(=O)(=O)OCC(O)CC#CC[Si](C)(C)C)cc1. The summed E-state index contributed by atoms with van der Waals surface area (Å²) in [5.41, 5.74) is 0.969. The Hall–Kier alpha value is -1.13. The van der Waals surface area contributed by atoms with E-state index in [4.69, 9.17) is 4.18 Å². The molecule has 0 amide bonds. The molecule has 0 aliphatic heterocycles. The maximum atomic E-state index is 11.9. The number of aliphatic hydroxyl groups excluding tert-OH is 1. The highest BCUT2D eigenvalue weighted by Gasteiger charge is 2.17. The van der Waals surface area contributed by atoms with Crippen LogP contribution in [0.2, 0.25) is 25.7 Å².